The fraction of sp³-hybridized carbons (Fsp3) is 0.286. The first-order valence-electron chi connectivity index (χ1n) is 9.40. The number of rotatable bonds is 5. The Kier molecular flexibility index (Phi) is 5.98. The Balaban J connectivity index is 1.63. The minimum Gasteiger partial charge on any atom is -0.342 e. The molecule has 2 heterocycles. The molecule has 144 valence electrons. The summed E-state index contributed by atoms with van der Waals surface area (Å²) in [6, 6.07) is 17.5. The van der Waals surface area contributed by atoms with Crippen molar-refractivity contribution in [1.82, 2.24) is 19.7 Å². The zero-order valence-corrected chi connectivity index (χ0v) is 17.0. The van der Waals surface area contributed by atoms with Gasteiger partial charge in [0.15, 0.2) is 11.0 Å². The normalized spacial score (nSPS) is 14.2. The van der Waals surface area contributed by atoms with E-state index in [2.05, 4.69) is 10.2 Å². The molecule has 1 amide bonds. The fourth-order valence-corrected chi connectivity index (χ4v) is 4.39. The third-order valence-electron chi connectivity index (χ3n) is 4.77. The van der Waals surface area contributed by atoms with Gasteiger partial charge in [-0.3, -0.25) is 9.36 Å². The number of halogens is 1. The van der Waals surface area contributed by atoms with Crippen molar-refractivity contribution < 1.29 is 4.79 Å². The summed E-state index contributed by atoms with van der Waals surface area (Å²) in [5, 5.41) is 10.1. The number of piperidine rings is 1. The summed E-state index contributed by atoms with van der Waals surface area (Å²) in [5.41, 5.74) is 1.84. The molecule has 1 aliphatic rings. The second-order valence-electron chi connectivity index (χ2n) is 6.72. The molecular formula is C21H21ClN4OS. The average molecular weight is 413 g/mol. The highest BCUT2D eigenvalue weighted by atomic mass is 35.5. The number of hydrogen-bond acceptors (Lipinski definition) is 4. The van der Waals surface area contributed by atoms with Crippen LogP contribution in [0.15, 0.2) is 59.8 Å². The Morgan fingerprint density at radius 2 is 1.79 bits per heavy atom. The third-order valence-corrected chi connectivity index (χ3v) is 5.91. The summed E-state index contributed by atoms with van der Waals surface area (Å²) in [6.45, 7) is 1.71. The maximum Gasteiger partial charge on any atom is 0.233 e. The molecule has 2 aromatic carbocycles. The lowest BCUT2D eigenvalue weighted by Crippen LogP contribution is -2.36. The van der Waals surface area contributed by atoms with Crippen LogP contribution in [0.1, 0.15) is 19.3 Å². The zero-order valence-electron chi connectivity index (χ0n) is 15.4. The molecule has 0 aliphatic carbocycles. The van der Waals surface area contributed by atoms with Crippen molar-refractivity contribution in [1.29, 1.82) is 0 Å². The number of carbonyl (C=O) groups is 1. The molecule has 28 heavy (non-hydrogen) atoms. The Bertz CT molecular complexity index is 954. The molecule has 7 heteroatoms. The van der Waals surface area contributed by atoms with Gasteiger partial charge in [0.1, 0.15) is 0 Å². The highest BCUT2D eigenvalue weighted by Gasteiger charge is 2.20. The lowest BCUT2D eigenvalue weighted by molar-refractivity contribution is -0.129. The maximum absolute atomic E-state index is 12.6. The number of likely N-dealkylation sites (tertiary alicyclic amines) is 1. The van der Waals surface area contributed by atoms with Crippen LogP contribution in [0.25, 0.3) is 17.1 Å². The molecule has 0 atom stereocenters. The Morgan fingerprint density at radius 1 is 1.00 bits per heavy atom. The van der Waals surface area contributed by atoms with Crippen LogP contribution >= 0.6 is 23.4 Å². The summed E-state index contributed by atoms with van der Waals surface area (Å²) >= 11 is 7.64. The second-order valence-corrected chi connectivity index (χ2v) is 8.10. The van der Waals surface area contributed by atoms with Crippen molar-refractivity contribution >= 4 is 29.3 Å². The minimum absolute atomic E-state index is 0.159. The van der Waals surface area contributed by atoms with E-state index in [1.54, 1.807) is 0 Å². The summed E-state index contributed by atoms with van der Waals surface area (Å²) in [4.78, 5) is 14.5. The first-order valence-corrected chi connectivity index (χ1v) is 10.8. The number of carbonyl (C=O) groups excluding carboxylic acids is 1. The Morgan fingerprint density at radius 3 is 2.54 bits per heavy atom. The number of nitrogens with zero attached hydrogens (tertiary/aromatic N) is 4. The standard InChI is InChI=1S/C21H21ClN4OS/c22-17-10-7-11-18(14-17)26-20(16-8-3-1-4-9-16)23-24-21(26)28-15-19(27)25-12-5-2-6-13-25/h1,3-4,7-11,14H,2,5-6,12-13,15H2. The van der Waals surface area contributed by atoms with Gasteiger partial charge in [-0.05, 0) is 37.5 Å². The Labute approximate surface area is 173 Å². The van der Waals surface area contributed by atoms with Crippen LogP contribution < -0.4 is 0 Å². The third kappa shape index (κ3) is 4.23. The van der Waals surface area contributed by atoms with Gasteiger partial charge in [0.2, 0.25) is 5.91 Å². The summed E-state index contributed by atoms with van der Waals surface area (Å²) in [5.74, 6) is 1.25. The van der Waals surface area contributed by atoms with Crippen molar-refractivity contribution in [2.24, 2.45) is 0 Å². The molecule has 1 fully saturated rings. The van der Waals surface area contributed by atoms with Crippen LogP contribution in [0.2, 0.25) is 5.02 Å². The number of aromatic nitrogens is 3. The van der Waals surface area contributed by atoms with Crippen LogP contribution in [0, 0.1) is 0 Å². The van der Waals surface area contributed by atoms with Crippen LogP contribution in [-0.2, 0) is 4.79 Å². The second kappa shape index (κ2) is 8.80. The summed E-state index contributed by atoms with van der Waals surface area (Å²) in [6.07, 6.45) is 3.39. The monoisotopic (exact) mass is 412 g/mol. The molecule has 0 spiro atoms. The fourth-order valence-electron chi connectivity index (χ4n) is 3.35. The van der Waals surface area contributed by atoms with E-state index in [9.17, 15) is 4.79 Å². The predicted octanol–water partition coefficient (Wildman–Crippen LogP) is 4.69. The molecule has 0 N–H and O–H groups in total. The van der Waals surface area contributed by atoms with Crippen molar-refractivity contribution in [3.63, 3.8) is 0 Å². The minimum atomic E-state index is 0.159. The van der Waals surface area contributed by atoms with Gasteiger partial charge in [-0.15, -0.1) is 10.2 Å². The molecule has 0 saturated carbocycles. The molecule has 1 aliphatic heterocycles. The smallest absolute Gasteiger partial charge is 0.233 e. The van der Waals surface area contributed by atoms with Crippen molar-refractivity contribution in [3.8, 4) is 17.1 Å². The SMILES string of the molecule is O=C(CSc1nnc(-c2ccccc2)n1-c1cccc(Cl)c1)N1CCCCC1. The van der Waals surface area contributed by atoms with E-state index >= 15 is 0 Å². The van der Waals surface area contributed by atoms with Gasteiger partial charge in [0.05, 0.1) is 11.4 Å². The molecule has 5 nitrogen and oxygen atoms in total. The number of thioether (sulfide) groups is 1. The Hall–Kier alpha value is -2.31. The molecule has 0 unspecified atom stereocenters. The van der Waals surface area contributed by atoms with Crippen LogP contribution in [0.4, 0.5) is 0 Å². The summed E-state index contributed by atoms with van der Waals surface area (Å²) < 4.78 is 1.97. The zero-order chi connectivity index (χ0) is 19.3. The van der Waals surface area contributed by atoms with Crippen molar-refractivity contribution in [2.75, 3.05) is 18.8 Å². The largest absolute Gasteiger partial charge is 0.342 e. The van der Waals surface area contributed by atoms with Gasteiger partial charge < -0.3 is 4.90 Å². The van der Waals surface area contributed by atoms with E-state index < -0.39 is 0 Å². The number of amides is 1. The van der Waals surface area contributed by atoms with Crippen molar-refractivity contribution in [3.05, 3.63) is 59.6 Å². The topological polar surface area (TPSA) is 51.0 Å². The maximum atomic E-state index is 12.6. The van der Waals surface area contributed by atoms with Gasteiger partial charge in [-0.1, -0.05) is 59.8 Å². The van der Waals surface area contributed by atoms with E-state index in [4.69, 9.17) is 11.6 Å². The van der Waals surface area contributed by atoms with E-state index in [0.717, 1.165) is 43.0 Å². The average Bonchev–Trinajstić information content (AvgIpc) is 3.17. The van der Waals surface area contributed by atoms with Crippen LogP contribution in [0.3, 0.4) is 0 Å². The van der Waals surface area contributed by atoms with Gasteiger partial charge in [0, 0.05) is 23.7 Å². The molecule has 1 aromatic heterocycles. The molecule has 1 saturated heterocycles. The molecule has 0 radical (unpaired) electrons. The number of benzene rings is 2. The van der Waals surface area contributed by atoms with Gasteiger partial charge in [0.25, 0.3) is 0 Å². The molecule has 4 rings (SSSR count). The highest BCUT2D eigenvalue weighted by molar-refractivity contribution is 7.99. The van der Waals surface area contributed by atoms with E-state index in [1.165, 1.54) is 18.2 Å². The van der Waals surface area contributed by atoms with Crippen LogP contribution in [-0.4, -0.2) is 44.4 Å². The van der Waals surface area contributed by atoms with Gasteiger partial charge in [-0.2, -0.15) is 0 Å². The predicted molar refractivity (Wildman–Crippen MR) is 113 cm³/mol. The van der Waals surface area contributed by atoms with E-state index in [-0.39, 0.29) is 5.91 Å². The number of hydrogen-bond donors (Lipinski definition) is 0. The van der Waals surface area contributed by atoms with Gasteiger partial charge >= 0.3 is 0 Å². The quantitative estimate of drug-likeness (QED) is 0.570. The lowest BCUT2D eigenvalue weighted by atomic mass is 10.1. The summed E-state index contributed by atoms with van der Waals surface area (Å²) in [7, 11) is 0. The molecule has 0 bridgehead atoms. The van der Waals surface area contributed by atoms with Crippen molar-refractivity contribution in [2.45, 2.75) is 24.4 Å². The molecule has 3 aromatic rings. The van der Waals surface area contributed by atoms with E-state index in [0.29, 0.717) is 15.9 Å². The first kappa shape index (κ1) is 19.0. The van der Waals surface area contributed by atoms with E-state index in [1.807, 2.05) is 64.1 Å². The van der Waals surface area contributed by atoms with Crippen LogP contribution in [0.5, 0.6) is 0 Å². The highest BCUT2D eigenvalue weighted by Crippen LogP contribution is 2.29. The first-order chi connectivity index (χ1) is 13.7. The lowest BCUT2D eigenvalue weighted by Gasteiger charge is -2.26. The molecular weight excluding hydrogens is 392 g/mol. The van der Waals surface area contributed by atoms with Gasteiger partial charge in [-0.25, -0.2) is 0 Å².